The maximum atomic E-state index is 12.9. The Bertz CT molecular complexity index is 541. The predicted molar refractivity (Wildman–Crippen MR) is 80.3 cm³/mol. The SMILES string of the molecule is CCc1ccc(CC(C)(O)Cc2ccc(F)cc2)cc1. The Labute approximate surface area is 120 Å². The molecule has 1 N–H and O–H groups in total. The minimum Gasteiger partial charge on any atom is -0.389 e. The summed E-state index contributed by atoms with van der Waals surface area (Å²) in [5.41, 5.74) is 2.54. The topological polar surface area (TPSA) is 20.2 Å². The van der Waals surface area contributed by atoms with Crippen LogP contribution in [-0.4, -0.2) is 10.7 Å². The number of benzene rings is 2. The number of hydrogen-bond donors (Lipinski definition) is 1. The van der Waals surface area contributed by atoms with Crippen LogP contribution in [0.2, 0.25) is 0 Å². The molecule has 2 heteroatoms. The number of rotatable bonds is 5. The van der Waals surface area contributed by atoms with E-state index in [1.54, 1.807) is 12.1 Å². The van der Waals surface area contributed by atoms with Crippen LogP contribution in [0.25, 0.3) is 0 Å². The van der Waals surface area contributed by atoms with Gasteiger partial charge in [0.1, 0.15) is 5.82 Å². The van der Waals surface area contributed by atoms with Gasteiger partial charge in [-0.05, 0) is 42.2 Å². The van der Waals surface area contributed by atoms with Crippen molar-refractivity contribution in [2.75, 3.05) is 0 Å². The minimum atomic E-state index is -0.828. The fraction of sp³-hybridized carbons (Fsp3) is 0.333. The van der Waals surface area contributed by atoms with Gasteiger partial charge in [-0.1, -0.05) is 43.3 Å². The maximum Gasteiger partial charge on any atom is 0.123 e. The first kappa shape index (κ1) is 14.7. The third-order valence-electron chi connectivity index (χ3n) is 3.51. The van der Waals surface area contributed by atoms with E-state index in [9.17, 15) is 9.50 Å². The molecule has 2 aromatic rings. The molecule has 0 bridgehead atoms. The number of aliphatic hydroxyl groups is 1. The van der Waals surface area contributed by atoms with Gasteiger partial charge in [0.05, 0.1) is 5.60 Å². The second-order valence-corrected chi connectivity index (χ2v) is 5.65. The van der Waals surface area contributed by atoms with Crippen molar-refractivity contribution in [2.24, 2.45) is 0 Å². The summed E-state index contributed by atoms with van der Waals surface area (Å²) in [5.74, 6) is -0.247. The van der Waals surface area contributed by atoms with Crippen LogP contribution < -0.4 is 0 Å². The Morgan fingerprint density at radius 3 is 1.70 bits per heavy atom. The van der Waals surface area contributed by atoms with Crippen molar-refractivity contribution < 1.29 is 9.50 Å². The van der Waals surface area contributed by atoms with E-state index < -0.39 is 5.60 Å². The van der Waals surface area contributed by atoms with Gasteiger partial charge >= 0.3 is 0 Å². The summed E-state index contributed by atoms with van der Waals surface area (Å²) in [7, 11) is 0. The summed E-state index contributed by atoms with van der Waals surface area (Å²) in [6, 6.07) is 14.7. The molecule has 2 rings (SSSR count). The molecule has 20 heavy (non-hydrogen) atoms. The van der Waals surface area contributed by atoms with Crippen molar-refractivity contribution in [3.63, 3.8) is 0 Å². The van der Waals surface area contributed by atoms with Crippen LogP contribution in [0.1, 0.15) is 30.5 Å². The standard InChI is InChI=1S/C18H21FO/c1-3-14-4-6-15(7-5-14)12-18(2,20)13-16-8-10-17(19)11-9-16/h4-11,20H,3,12-13H2,1-2H3. The Hall–Kier alpha value is -1.67. The molecule has 0 saturated carbocycles. The van der Waals surface area contributed by atoms with Gasteiger partial charge in [-0.15, -0.1) is 0 Å². The lowest BCUT2D eigenvalue weighted by atomic mass is 9.89. The van der Waals surface area contributed by atoms with Gasteiger partial charge in [0.2, 0.25) is 0 Å². The molecule has 0 spiro atoms. The van der Waals surface area contributed by atoms with Gasteiger partial charge in [0.15, 0.2) is 0 Å². The number of aryl methyl sites for hydroxylation is 1. The van der Waals surface area contributed by atoms with Crippen molar-refractivity contribution in [1.29, 1.82) is 0 Å². The molecule has 0 heterocycles. The van der Waals surface area contributed by atoms with Gasteiger partial charge in [-0.25, -0.2) is 4.39 Å². The highest BCUT2D eigenvalue weighted by Gasteiger charge is 2.21. The van der Waals surface area contributed by atoms with Gasteiger partial charge in [-0.2, -0.15) is 0 Å². The molecule has 0 saturated heterocycles. The average Bonchev–Trinajstić information content (AvgIpc) is 2.41. The Balaban J connectivity index is 2.03. The van der Waals surface area contributed by atoms with Crippen LogP contribution in [0, 0.1) is 5.82 Å². The lowest BCUT2D eigenvalue weighted by molar-refractivity contribution is 0.0608. The normalized spacial score (nSPS) is 14.0. The molecular formula is C18H21FO. The number of hydrogen-bond acceptors (Lipinski definition) is 1. The summed E-state index contributed by atoms with van der Waals surface area (Å²) in [6.45, 7) is 3.95. The lowest BCUT2D eigenvalue weighted by Gasteiger charge is -2.23. The highest BCUT2D eigenvalue weighted by Crippen LogP contribution is 2.19. The zero-order chi connectivity index (χ0) is 14.6. The highest BCUT2D eigenvalue weighted by molar-refractivity contribution is 5.25. The van der Waals surface area contributed by atoms with E-state index in [4.69, 9.17) is 0 Å². The third-order valence-corrected chi connectivity index (χ3v) is 3.51. The molecule has 1 atom stereocenters. The summed E-state index contributed by atoms with van der Waals surface area (Å²) in [6.07, 6.45) is 2.13. The Morgan fingerprint density at radius 2 is 1.25 bits per heavy atom. The van der Waals surface area contributed by atoms with Crippen molar-refractivity contribution in [1.82, 2.24) is 0 Å². The van der Waals surface area contributed by atoms with Gasteiger partial charge < -0.3 is 5.11 Å². The number of halogens is 1. The van der Waals surface area contributed by atoms with E-state index in [1.165, 1.54) is 17.7 Å². The summed E-state index contributed by atoms with van der Waals surface area (Å²) >= 11 is 0. The van der Waals surface area contributed by atoms with Crippen molar-refractivity contribution in [2.45, 2.75) is 38.7 Å². The van der Waals surface area contributed by atoms with Gasteiger partial charge in [0.25, 0.3) is 0 Å². The van der Waals surface area contributed by atoms with Crippen LogP contribution in [0.5, 0.6) is 0 Å². The molecule has 0 aliphatic heterocycles. The van der Waals surface area contributed by atoms with Crippen LogP contribution in [0.15, 0.2) is 48.5 Å². The first-order chi connectivity index (χ1) is 9.48. The Kier molecular flexibility index (Phi) is 4.56. The smallest absolute Gasteiger partial charge is 0.123 e. The van der Waals surface area contributed by atoms with E-state index in [0.717, 1.165) is 17.5 Å². The predicted octanol–water partition coefficient (Wildman–Crippen LogP) is 3.92. The van der Waals surface area contributed by atoms with Crippen molar-refractivity contribution >= 4 is 0 Å². The summed E-state index contributed by atoms with van der Waals surface area (Å²) in [5, 5.41) is 10.5. The van der Waals surface area contributed by atoms with E-state index in [0.29, 0.717) is 12.8 Å². The highest BCUT2D eigenvalue weighted by atomic mass is 19.1. The average molecular weight is 272 g/mol. The Morgan fingerprint density at radius 1 is 0.850 bits per heavy atom. The monoisotopic (exact) mass is 272 g/mol. The van der Waals surface area contributed by atoms with Crippen LogP contribution in [0.3, 0.4) is 0 Å². The van der Waals surface area contributed by atoms with Crippen molar-refractivity contribution in [3.8, 4) is 0 Å². The molecule has 0 fully saturated rings. The maximum absolute atomic E-state index is 12.9. The van der Waals surface area contributed by atoms with E-state index in [-0.39, 0.29) is 5.82 Å². The molecule has 0 radical (unpaired) electrons. The third kappa shape index (κ3) is 4.17. The van der Waals surface area contributed by atoms with Crippen molar-refractivity contribution in [3.05, 3.63) is 71.0 Å². The van der Waals surface area contributed by atoms with E-state index in [2.05, 4.69) is 31.2 Å². The molecule has 0 aliphatic rings. The molecule has 0 aliphatic carbocycles. The van der Waals surface area contributed by atoms with Gasteiger partial charge in [0, 0.05) is 12.8 Å². The molecular weight excluding hydrogens is 251 g/mol. The van der Waals surface area contributed by atoms with Crippen LogP contribution >= 0.6 is 0 Å². The molecule has 1 nitrogen and oxygen atoms in total. The van der Waals surface area contributed by atoms with E-state index in [1.807, 2.05) is 6.92 Å². The first-order valence-corrected chi connectivity index (χ1v) is 7.03. The molecule has 2 aromatic carbocycles. The van der Waals surface area contributed by atoms with Gasteiger partial charge in [-0.3, -0.25) is 0 Å². The fourth-order valence-electron chi connectivity index (χ4n) is 2.44. The van der Waals surface area contributed by atoms with Crippen LogP contribution in [-0.2, 0) is 19.3 Å². The second kappa shape index (κ2) is 6.19. The lowest BCUT2D eigenvalue weighted by Crippen LogP contribution is -2.30. The largest absolute Gasteiger partial charge is 0.389 e. The molecule has 1 unspecified atom stereocenters. The summed E-state index contributed by atoms with van der Waals surface area (Å²) < 4.78 is 12.9. The van der Waals surface area contributed by atoms with E-state index >= 15 is 0 Å². The molecule has 0 amide bonds. The summed E-state index contributed by atoms with van der Waals surface area (Å²) in [4.78, 5) is 0. The zero-order valence-corrected chi connectivity index (χ0v) is 12.1. The zero-order valence-electron chi connectivity index (χ0n) is 12.1. The quantitative estimate of drug-likeness (QED) is 0.874. The minimum absolute atomic E-state index is 0.247. The first-order valence-electron chi connectivity index (χ1n) is 7.03. The second-order valence-electron chi connectivity index (χ2n) is 5.65. The fourth-order valence-corrected chi connectivity index (χ4v) is 2.44. The molecule has 0 aromatic heterocycles. The molecule has 106 valence electrons. The van der Waals surface area contributed by atoms with Crippen LogP contribution in [0.4, 0.5) is 4.39 Å².